The van der Waals surface area contributed by atoms with Gasteiger partial charge in [-0.3, -0.25) is 4.79 Å². The minimum Gasteiger partial charge on any atom is -0.486 e. The highest BCUT2D eigenvalue weighted by Crippen LogP contribution is 2.35. The molecule has 0 saturated carbocycles. The van der Waals surface area contributed by atoms with Gasteiger partial charge in [0.25, 0.3) is 0 Å². The summed E-state index contributed by atoms with van der Waals surface area (Å²) < 4.78 is 11.1. The minimum absolute atomic E-state index is 0.117. The normalized spacial score (nSPS) is 12.8. The average Bonchev–Trinajstić information content (AvgIpc) is 3.23. The van der Waals surface area contributed by atoms with E-state index in [1.807, 2.05) is 35.9 Å². The van der Waals surface area contributed by atoms with Crippen molar-refractivity contribution in [2.24, 2.45) is 0 Å². The molecule has 0 fully saturated rings. The van der Waals surface area contributed by atoms with Crippen molar-refractivity contribution in [2.45, 2.75) is 13.3 Å². The number of carbonyl (C=O) groups is 1. The molecule has 0 aliphatic carbocycles. The van der Waals surface area contributed by atoms with Gasteiger partial charge >= 0.3 is 0 Å². The number of nitrogens with one attached hydrogen (secondary N) is 1. The number of anilines is 1. The van der Waals surface area contributed by atoms with Gasteiger partial charge in [0.05, 0.1) is 22.8 Å². The molecule has 3 heterocycles. The van der Waals surface area contributed by atoms with Crippen LogP contribution in [0, 0.1) is 6.92 Å². The number of benzene rings is 1. The molecule has 6 nitrogen and oxygen atoms in total. The molecule has 128 valence electrons. The van der Waals surface area contributed by atoms with E-state index in [4.69, 9.17) is 9.47 Å². The number of amides is 1. The molecule has 8 heteroatoms. The predicted molar refractivity (Wildman–Crippen MR) is 97.7 cm³/mol. The molecule has 25 heavy (non-hydrogen) atoms. The zero-order valence-electron chi connectivity index (χ0n) is 13.4. The lowest BCUT2D eigenvalue weighted by Gasteiger charge is -2.18. The second-order valence-electron chi connectivity index (χ2n) is 5.48. The van der Waals surface area contributed by atoms with Crippen LogP contribution in [0.4, 0.5) is 5.13 Å². The number of aromatic nitrogens is 2. The van der Waals surface area contributed by atoms with Gasteiger partial charge in [0, 0.05) is 16.3 Å². The van der Waals surface area contributed by atoms with Crippen molar-refractivity contribution < 1.29 is 14.3 Å². The third-order valence-electron chi connectivity index (χ3n) is 3.60. The molecule has 3 aromatic rings. The topological polar surface area (TPSA) is 73.3 Å². The molecule has 4 rings (SSSR count). The Morgan fingerprint density at radius 1 is 1.16 bits per heavy atom. The van der Waals surface area contributed by atoms with Gasteiger partial charge in [-0.1, -0.05) is 0 Å². The predicted octanol–water partition coefficient (Wildman–Crippen LogP) is 3.53. The molecule has 1 aliphatic rings. The van der Waals surface area contributed by atoms with Gasteiger partial charge in [-0.05, 0) is 25.1 Å². The third kappa shape index (κ3) is 3.64. The fourth-order valence-electron chi connectivity index (χ4n) is 2.48. The molecular weight excluding hydrogens is 358 g/mol. The molecule has 0 saturated heterocycles. The van der Waals surface area contributed by atoms with E-state index >= 15 is 0 Å². The Hall–Kier alpha value is -2.45. The Morgan fingerprint density at radius 2 is 2.00 bits per heavy atom. The second kappa shape index (κ2) is 6.81. The lowest BCUT2D eigenvalue weighted by Crippen LogP contribution is -2.15. The summed E-state index contributed by atoms with van der Waals surface area (Å²) in [6.07, 6.45) is 0.253. The van der Waals surface area contributed by atoms with Crippen molar-refractivity contribution in [1.82, 2.24) is 9.97 Å². The quantitative estimate of drug-likeness (QED) is 0.757. The molecule has 1 aromatic carbocycles. The van der Waals surface area contributed by atoms with Crippen LogP contribution in [-0.2, 0) is 11.2 Å². The van der Waals surface area contributed by atoms with E-state index in [-0.39, 0.29) is 12.3 Å². The number of rotatable bonds is 4. The number of thiazole rings is 2. The van der Waals surface area contributed by atoms with Crippen LogP contribution in [0.2, 0.25) is 0 Å². The summed E-state index contributed by atoms with van der Waals surface area (Å²) in [5.41, 5.74) is 2.50. The largest absolute Gasteiger partial charge is 0.486 e. The Bertz CT molecular complexity index is 920. The van der Waals surface area contributed by atoms with Crippen LogP contribution in [0.1, 0.15) is 10.7 Å². The summed E-state index contributed by atoms with van der Waals surface area (Å²) in [5, 5.41) is 8.17. The summed E-state index contributed by atoms with van der Waals surface area (Å²) in [4.78, 5) is 20.9. The summed E-state index contributed by atoms with van der Waals surface area (Å²) in [6, 6.07) is 5.73. The van der Waals surface area contributed by atoms with Gasteiger partial charge in [-0.15, -0.1) is 22.7 Å². The van der Waals surface area contributed by atoms with Gasteiger partial charge in [0.2, 0.25) is 5.91 Å². The number of carbonyl (C=O) groups excluding carboxylic acids is 1. The van der Waals surface area contributed by atoms with Crippen molar-refractivity contribution in [3.63, 3.8) is 0 Å². The van der Waals surface area contributed by atoms with Gasteiger partial charge in [0.1, 0.15) is 13.2 Å². The maximum atomic E-state index is 12.1. The van der Waals surface area contributed by atoms with E-state index in [2.05, 4.69) is 15.3 Å². The number of ether oxygens (including phenoxy) is 2. The summed E-state index contributed by atoms with van der Waals surface area (Å²) in [5.74, 6) is 1.35. The minimum atomic E-state index is -0.117. The summed E-state index contributed by atoms with van der Waals surface area (Å²) >= 11 is 2.93. The van der Waals surface area contributed by atoms with Crippen molar-refractivity contribution >= 4 is 33.7 Å². The zero-order chi connectivity index (χ0) is 17.2. The molecule has 1 aliphatic heterocycles. The average molecular weight is 373 g/mol. The monoisotopic (exact) mass is 373 g/mol. The highest BCUT2D eigenvalue weighted by atomic mass is 32.1. The summed E-state index contributed by atoms with van der Waals surface area (Å²) in [6.45, 7) is 3.04. The lowest BCUT2D eigenvalue weighted by molar-refractivity contribution is -0.115. The maximum Gasteiger partial charge on any atom is 0.232 e. The van der Waals surface area contributed by atoms with Gasteiger partial charge < -0.3 is 14.8 Å². The van der Waals surface area contributed by atoms with Crippen molar-refractivity contribution in [3.05, 3.63) is 39.7 Å². The molecule has 0 atom stereocenters. The van der Waals surface area contributed by atoms with E-state index in [1.54, 1.807) is 0 Å². The molecule has 0 radical (unpaired) electrons. The SMILES string of the molecule is Cc1nc(CC(=O)Nc2nc(-c3ccc4c(c3)OCCO4)cs2)cs1. The first-order valence-electron chi connectivity index (χ1n) is 7.74. The molecule has 1 amide bonds. The zero-order valence-corrected chi connectivity index (χ0v) is 15.1. The van der Waals surface area contributed by atoms with Crippen molar-refractivity contribution in [2.75, 3.05) is 18.5 Å². The number of hydrogen-bond acceptors (Lipinski definition) is 7. The fraction of sp³-hybridized carbons (Fsp3) is 0.235. The number of aryl methyl sites for hydroxylation is 1. The van der Waals surface area contributed by atoms with Crippen molar-refractivity contribution in [1.29, 1.82) is 0 Å². The number of nitrogens with zero attached hydrogens (tertiary/aromatic N) is 2. The summed E-state index contributed by atoms with van der Waals surface area (Å²) in [7, 11) is 0. The van der Waals surface area contributed by atoms with Gasteiger partial charge in [0.15, 0.2) is 16.6 Å². The molecule has 0 unspecified atom stereocenters. The van der Waals surface area contributed by atoms with Crippen molar-refractivity contribution in [3.8, 4) is 22.8 Å². The van der Waals surface area contributed by atoms with Crippen LogP contribution in [0.25, 0.3) is 11.3 Å². The Morgan fingerprint density at radius 3 is 2.80 bits per heavy atom. The van der Waals surface area contributed by atoms with Crippen LogP contribution in [0.5, 0.6) is 11.5 Å². The highest BCUT2D eigenvalue weighted by molar-refractivity contribution is 7.14. The van der Waals surface area contributed by atoms with Crippen LogP contribution in [0.15, 0.2) is 29.0 Å². The first-order chi connectivity index (χ1) is 12.2. The van der Waals surface area contributed by atoms with E-state index in [0.29, 0.717) is 18.3 Å². The number of fused-ring (bicyclic) bond motifs is 1. The van der Waals surface area contributed by atoms with Gasteiger partial charge in [-0.2, -0.15) is 0 Å². The molecular formula is C17H15N3O3S2. The van der Waals surface area contributed by atoms with E-state index < -0.39 is 0 Å². The highest BCUT2D eigenvalue weighted by Gasteiger charge is 2.15. The second-order valence-corrected chi connectivity index (χ2v) is 7.40. The maximum absolute atomic E-state index is 12.1. The molecule has 2 aromatic heterocycles. The molecule has 0 spiro atoms. The number of hydrogen-bond donors (Lipinski definition) is 1. The molecule has 0 bridgehead atoms. The smallest absolute Gasteiger partial charge is 0.232 e. The van der Waals surface area contributed by atoms with Crippen LogP contribution in [0.3, 0.4) is 0 Å². The van der Waals surface area contributed by atoms with Crippen LogP contribution in [-0.4, -0.2) is 29.1 Å². The fourth-order valence-corrected chi connectivity index (χ4v) is 3.83. The van der Waals surface area contributed by atoms with Crippen LogP contribution >= 0.6 is 22.7 Å². The Kier molecular flexibility index (Phi) is 4.37. The molecule has 1 N–H and O–H groups in total. The lowest BCUT2D eigenvalue weighted by atomic mass is 10.1. The standard InChI is InChI=1S/C17H15N3O3S2/c1-10-18-12(8-24-10)7-16(21)20-17-19-13(9-25-17)11-2-3-14-15(6-11)23-5-4-22-14/h2-3,6,8-9H,4-5,7H2,1H3,(H,19,20,21). The Labute approximate surface area is 152 Å². The third-order valence-corrected chi connectivity index (χ3v) is 5.18. The van der Waals surface area contributed by atoms with Gasteiger partial charge in [-0.25, -0.2) is 9.97 Å². The van der Waals surface area contributed by atoms with Crippen LogP contribution < -0.4 is 14.8 Å². The van der Waals surface area contributed by atoms with E-state index in [0.717, 1.165) is 33.5 Å². The van der Waals surface area contributed by atoms with E-state index in [1.165, 1.54) is 22.7 Å². The first kappa shape index (κ1) is 16.0. The Balaban J connectivity index is 1.45. The van der Waals surface area contributed by atoms with E-state index in [9.17, 15) is 4.79 Å². The first-order valence-corrected chi connectivity index (χ1v) is 9.50.